The second-order valence-corrected chi connectivity index (χ2v) is 9.64. The molecule has 1 aliphatic rings. The van der Waals surface area contributed by atoms with Crippen molar-refractivity contribution < 1.29 is 28.7 Å². The Morgan fingerprint density at radius 3 is 2.42 bits per heavy atom. The van der Waals surface area contributed by atoms with E-state index in [-0.39, 0.29) is 42.6 Å². The number of carbonyl (C=O) groups excluding carboxylic acids is 4. The van der Waals surface area contributed by atoms with Gasteiger partial charge in [-0.3, -0.25) is 9.59 Å². The van der Waals surface area contributed by atoms with Crippen molar-refractivity contribution in [1.82, 2.24) is 14.4 Å². The van der Waals surface area contributed by atoms with Gasteiger partial charge >= 0.3 is 12.1 Å². The number of ether oxygens (including phenoxy) is 2. The molecule has 0 unspecified atom stereocenters. The van der Waals surface area contributed by atoms with Crippen molar-refractivity contribution in [2.75, 3.05) is 50.9 Å². The highest BCUT2D eigenvalue weighted by Gasteiger charge is 2.24. The van der Waals surface area contributed by atoms with Crippen molar-refractivity contribution in [2.45, 2.75) is 20.4 Å². The highest BCUT2D eigenvalue weighted by Crippen LogP contribution is 2.20. The molecule has 2 heterocycles. The third-order valence-electron chi connectivity index (χ3n) is 5.27. The van der Waals surface area contributed by atoms with Crippen molar-refractivity contribution in [3.8, 4) is 12.3 Å². The summed E-state index contributed by atoms with van der Waals surface area (Å²) in [6.07, 6.45) is 5.14. The van der Waals surface area contributed by atoms with Crippen LogP contribution in [0.3, 0.4) is 0 Å². The molecule has 1 fully saturated rings. The Kier molecular flexibility index (Phi) is 9.95. The summed E-state index contributed by atoms with van der Waals surface area (Å²) < 4.78 is 12.5. The van der Waals surface area contributed by atoms with Crippen molar-refractivity contribution in [1.29, 1.82) is 0 Å². The second kappa shape index (κ2) is 13.1. The number of fused-ring (bicyclic) bond motifs is 1. The van der Waals surface area contributed by atoms with Gasteiger partial charge in [0.2, 0.25) is 5.91 Å². The number of terminal acetylenes is 1. The van der Waals surface area contributed by atoms with Crippen LogP contribution >= 0.6 is 23.1 Å². The fourth-order valence-corrected chi connectivity index (χ4v) is 5.34. The number of benzene rings is 1. The predicted molar refractivity (Wildman–Crippen MR) is 138 cm³/mol. The summed E-state index contributed by atoms with van der Waals surface area (Å²) >= 11 is 2.45. The number of thiazole rings is 1. The molecule has 12 heteroatoms. The average Bonchev–Trinajstić information content (AvgIpc) is 3.20. The number of piperazine rings is 1. The number of carbonyl (C=O) groups is 4. The minimum absolute atomic E-state index is 0.0346. The first-order valence-electron chi connectivity index (χ1n) is 11.5. The zero-order chi connectivity index (χ0) is 26.1. The van der Waals surface area contributed by atoms with E-state index in [2.05, 4.69) is 10.9 Å². The van der Waals surface area contributed by atoms with E-state index in [0.29, 0.717) is 43.2 Å². The predicted octanol–water partition coefficient (Wildman–Crippen LogP) is 1.97. The summed E-state index contributed by atoms with van der Waals surface area (Å²) in [5.41, 5.74) is 1.18. The minimum Gasteiger partial charge on any atom is -0.462 e. The fraction of sp³-hybridized carbons (Fsp3) is 0.458. The number of hydrogen-bond donors (Lipinski definition) is 0. The molecule has 192 valence electrons. The molecule has 0 radical (unpaired) electrons. The van der Waals surface area contributed by atoms with Crippen LogP contribution in [0.4, 0.5) is 4.79 Å². The maximum absolute atomic E-state index is 12.5. The van der Waals surface area contributed by atoms with Crippen molar-refractivity contribution in [3.05, 3.63) is 28.6 Å². The SMILES string of the molecule is C#CCn1c(=NC(=O)CSCC(=O)N2CCN(C(=O)OCC)CC2)sc2cc(C(=O)OCC)ccc21. The molecule has 10 nitrogen and oxygen atoms in total. The van der Waals surface area contributed by atoms with Gasteiger partial charge in [-0.05, 0) is 32.0 Å². The Bertz CT molecular complexity index is 1240. The molecule has 1 aromatic heterocycles. The van der Waals surface area contributed by atoms with E-state index in [1.807, 2.05) is 0 Å². The Morgan fingerprint density at radius 1 is 1.06 bits per heavy atom. The van der Waals surface area contributed by atoms with E-state index >= 15 is 0 Å². The van der Waals surface area contributed by atoms with E-state index < -0.39 is 5.97 Å². The quantitative estimate of drug-likeness (QED) is 0.378. The summed E-state index contributed by atoms with van der Waals surface area (Å²) in [6.45, 7) is 5.99. The largest absolute Gasteiger partial charge is 0.462 e. The van der Waals surface area contributed by atoms with Gasteiger partial charge in [-0.25, -0.2) is 9.59 Å². The Morgan fingerprint density at radius 2 is 1.75 bits per heavy atom. The first-order valence-corrected chi connectivity index (χ1v) is 13.4. The van der Waals surface area contributed by atoms with Gasteiger partial charge in [0.15, 0.2) is 4.80 Å². The second-order valence-electron chi connectivity index (χ2n) is 7.64. The highest BCUT2D eigenvalue weighted by molar-refractivity contribution is 8.00. The smallest absolute Gasteiger partial charge is 0.409 e. The molecule has 2 aromatic rings. The number of rotatable bonds is 8. The van der Waals surface area contributed by atoms with E-state index in [9.17, 15) is 19.2 Å². The van der Waals surface area contributed by atoms with Gasteiger partial charge in [0.25, 0.3) is 5.91 Å². The molecule has 0 spiro atoms. The maximum Gasteiger partial charge on any atom is 0.409 e. The average molecular weight is 533 g/mol. The third kappa shape index (κ3) is 6.89. The van der Waals surface area contributed by atoms with Crippen LogP contribution in [0.25, 0.3) is 10.2 Å². The molecule has 0 N–H and O–H groups in total. The van der Waals surface area contributed by atoms with Crippen LogP contribution in [-0.2, 0) is 25.6 Å². The zero-order valence-electron chi connectivity index (χ0n) is 20.2. The number of aromatic nitrogens is 1. The summed E-state index contributed by atoms with van der Waals surface area (Å²) in [4.78, 5) is 56.8. The summed E-state index contributed by atoms with van der Waals surface area (Å²) in [5, 5.41) is 0. The molecule has 0 atom stereocenters. The zero-order valence-corrected chi connectivity index (χ0v) is 21.9. The molecule has 36 heavy (non-hydrogen) atoms. The van der Waals surface area contributed by atoms with E-state index in [1.54, 1.807) is 46.4 Å². The van der Waals surface area contributed by atoms with Crippen LogP contribution in [-0.4, -0.2) is 89.1 Å². The van der Waals surface area contributed by atoms with Crippen LogP contribution in [0.2, 0.25) is 0 Å². The Balaban J connectivity index is 1.60. The first-order chi connectivity index (χ1) is 17.4. The molecule has 3 rings (SSSR count). The lowest BCUT2D eigenvalue weighted by atomic mass is 10.2. The normalized spacial score (nSPS) is 14.0. The fourth-order valence-electron chi connectivity index (χ4n) is 3.55. The molecule has 0 saturated carbocycles. The van der Waals surface area contributed by atoms with Gasteiger partial charge in [0.1, 0.15) is 0 Å². The molecule has 1 aliphatic heterocycles. The summed E-state index contributed by atoms with van der Waals surface area (Å²) in [5.74, 6) is 1.84. The number of esters is 1. The van der Waals surface area contributed by atoms with Crippen LogP contribution < -0.4 is 4.80 Å². The van der Waals surface area contributed by atoms with E-state index in [0.717, 1.165) is 10.2 Å². The maximum atomic E-state index is 12.5. The molecule has 1 saturated heterocycles. The lowest BCUT2D eigenvalue weighted by Crippen LogP contribution is -2.51. The Labute approximate surface area is 217 Å². The lowest BCUT2D eigenvalue weighted by Gasteiger charge is -2.34. The van der Waals surface area contributed by atoms with Crippen LogP contribution in [0.1, 0.15) is 24.2 Å². The van der Waals surface area contributed by atoms with Gasteiger partial charge in [0.05, 0.1) is 47.0 Å². The van der Waals surface area contributed by atoms with Gasteiger partial charge in [-0.1, -0.05) is 17.3 Å². The number of amides is 3. The number of thioether (sulfide) groups is 1. The van der Waals surface area contributed by atoms with Crippen molar-refractivity contribution in [2.24, 2.45) is 4.99 Å². The van der Waals surface area contributed by atoms with Gasteiger partial charge in [-0.2, -0.15) is 4.99 Å². The van der Waals surface area contributed by atoms with Gasteiger partial charge in [-0.15, -0.1) is 18.2 Å². The first kappa shape index (κ1) is 27.3. The molecular weight excluding hydrogens is 504 g/mol. The van der Waals surface area contributed by atoms with Crippen LogP contribution in [0.15, 0.2) is 23.2 Å². The van der Waals surface area contributed by atoms with Crippen LogP contribution in [0, 0.1) is 12.3 Å². The minimum atomic E-state index is -0.422. The van der Waals surface area contributed by atoms with Crippen molar-refractivity contribution in [3.63, 3.8) is 0 Å². The number of nitrogens with zero attached hydrogens (tertiary/aromatic N) is 4. The van der Waals surface area contributed by atoms with E-state index in [4.69, 9.17) is 15.9 Å². The van der Waals surface area contributed by atoms with Gasteiger partial charge < -0.3 is 23.8 Å². The summed E-state index contributed by atoms with van der Waals surface area (Å²) in [7, 11) is 0. The van der Waals surface area contributed by atoms with Gasteiger partial charge in [0, 0.05) is 26.2 Å². The summed E-state index contributed by atoms with van der Waals surface area (Å²) in [6, 6.07) is 5.11. The lowest BCUT2D eigenvalue weighted by molar-refractivity contribution is -0.129. The van der Waals surface area contributed by atoms with Crippen LogP contribution in [0.5, 0.6) is 0 Å². The molecule has 0 aliphatic carbocycles. The Hall–Kier alpha value is -3.30. The molecule has 3 amide bonds. The topological polar surface area (TPSA) is 111 Å². The standard InChI is InChI=1S/C24H28N4O6S2/c1-4-9-28-18-8-7-17(22(31)33-5-2)14-19(18)36-23(28)25-20(29)15-35-16-21(30)26-10-12-27(13-11-26)24(32)34-6-3/h1,7-8,14H,5-6,9-13,15-16H2,2-3H3. The van der Waals surface area contributed by atoms with Crippen molar-refractivity contribution >= 4 is 57.2 Å². The molecule has 0 bridgehead atoms. The monoisotopic (exact) mass is 532 g/mol. The third-order valence-corrected chi connectivity index (χ3v) is 7.22. The number of hydrogen-bond acceptors (Lipinski definition) is 8. The van der Waals surface area contributed by atoms with E-state index in [1.165, 1.54) is 23.1 Å². The molecule has 1 aromatic carbocycles. The highest BCUT2D eigenvalue weighted by atomic mass is 32.2. The molecular formula is C24H28N4O6S2.